The number of likely N-dealkylation sites (N-methyl/N-ethyl adjacent to an activating group) is 1. The second kappa shape index (κ2) is 3.85. The standard InChI is InChI=1S/C6H10N2O2/c1-5(10-3)6(9)8(2)4-7/h5H,1-3H3. The van der Waals surface area contributed by atoms with E-state index >= 15 is 0 Å². The lowest BCUT2D eigenvalue weighted by atomic mass is 10.4. The van der Waals surface area contributed by atoms with Crippen molar-refractivity contribution in [2.24, 2.45) is 0 Å². The van der Waals surface area contributed by atoms with Gasteiger partial charge in [-0.15, -0.1) is 0 Å². The van der Waals surface area contributed by atoms with Gasteiger partial charge in [-0.25, -0.2) is 4.90 Å². The topological polar surface area (TPSA) is 53.3 Å². The molecule has 0 aromatic carbocycles. The molecule has 0 aromatic heterocycles. The van der Waals surface area contributed by atoms with Gasteiger partial charge in [-0.1, -0.05) is 0 Å². The van der Waals surface area contributed by atoms with Crippen molar-refractivity contribution in [3.63, 3.8) is 0 Å². The molecule has 0 N–H and O–H groups in total. The average Bonchev–Trinajstić information content (AvgIpc) is 2.00. The summed E-state index contributed by atoms with van der Waals surface area (Å²) < 4.78 is 4.69. The minimum atomic E-state index is -0.537. The van der Waals surface area contributed by atoms with Crippen molar-refractivity contribution < 1.29 is 9.53 Å². The van der Waals surface area contributed by atoms with Gasteiger partial charge < -0.3 is 4.74 Å². The highest BCUT2D eigenvalue weighted by Crippen LogP contribution is 1.92. The van der Waals surface area contributed by atoms with Crippen LogP contribution in [0, 0.1) is 11.5 Å². The second-order valence-electron chi connectivity index (χ2n) is 1.88. The molecule has 0 aromatic rings. The van der Waals surface area contributed by atoms with Crippen LogP contribution in [-0.4, -0.2) is 31.1 Å². The number of amides is 1. The van der Waals surface area contributed by atoms with Crippen molar-refractivity contribution >= 4 is 5.91 Å². The molecule has 1 amide bonds. The zero-order valence-corrected chi connectivity index (χ0v) is 6.29. The largest absolute Gasteiger partial charge is 0.372 e. The Labute approximate surface area is 60.0 Å². The van der Waals surface area contributed by atoms with Crippen LogP contribution in [0.2, 0.25) is 0 Å². The van der Waals surface area contributed by atoms with Crippen molar-refractivity contribution in [3.05, 3.63) is 0 Å². The van der Waals surface area contributed by atoms with Crippen molar-refractivity contribution in [1.29, 1.82) is 5.26 Å². The Kier molecular flexibility index (Phi) is 3.44. The number of carbonyl (C=O) groups is 1. The molecule has 10 heavy (non-hydrogen) atoms. The molecule has 0 radical (unpaired) electrons. The Bertz CT molecular complexity index is 162. The molecule has 1 unspecified atom stereocenters. The zero-order chi connectivity index (χ0) is 8.15. The van der Waals surface area contributed by atoms with Crippen LogP contribution in [-0.2, 0) is 9.53 Å². The summed E-state index contributed by atoms with van der Waals surface area (Å²) in [5.74, 6) is -0.329. The van der Waals surface area contributed by atoms with Gasteiger partial charge >= 0.3 is 0 Å². The summed E-state index contributed by atoms with van der Waals surface area (Å²) >= 11 is 0. The van der Waals surface area contributed by atoms with Gasteiger partial charge in [0, 0.05) is 14.2 Å². The van der Waals surface area contributed by atoms with E-state index < -0.39 is 6.10 Å². The van der Waals surface area contributed by atoms with Gasteiger partial charge in [0.1, 0.15) is 6.10 Å². The Morgan fingerprint density at radius 1 is 1.80 bits per heavy atom. The quantitative estimate of drug-likeness (QED) is 0.401. The van der Waals surface area contributed by atoms with Gasteiger partial charge in [0.2, 0.25) is 0 Å². The number of hydrogen-bond donors (Lipinski definition) is 0. The first-order valence-corrected chi connectivity index (χ1v) is 2.83. The Morgan fingerprint density at radius 2 is 2.30 bits per heavy atom. The number of hydrogen-bond acceptors (Lipinski definition) is 3. The van der Waals surface area contributed by atoms with E-state index in [1.54, 1.807) is 13.1 Å². The lowest BCUT2D eigenvalue weighted by Crippen LogP contribution is -2.32. The van der Waals surface area contributed by atoms with E-state index in [1.165, 1.54) is 14.2 Å². The smallest absolute Gasteiger partial charge is 0.264 e. The van der Waals surface area contributed by atoms with E-state index in [0.717, 1.165) is 4.90 Å². The first kappa shape index (κ1) is 8.92. The molecule has 0 aliphatic carbocycles. The lowest BCUT2D eigenvalue weighted by molar-refractivity contribution is -0.136. The number of rotatable bonds is 2. The number of nitriles is 1. The molecular formula is C6H10N2O2. The Morgan fingerprint density at radius 3 is 2.60 bits per heavy atom. The van der Waals surface area contributed by atoms with Gasteiger partial charge in [0.05, 0.1) is 0 Å². The SMILES string of the molecule is COC(C)C(=O)N(C)C#N. The summed E-state index contributed by atoms with van der Waals surface area (Å²) in [7, 11) is 2.83. The molecule has 0 rings (SSSR count). The molecule has 56 valence electrons. The van der Waals surface area contributed by atoms with Crippen LogP contribution in [0.25, 0.3) is 0 Å². The maximum absolute atomic E-state index is 10.9. The van der Waals surface area contributed by atoms with E-state index in [2.05, 4.69) is 0 Å². The predicted octanol–water partition coefficient (Wildman–Crippen LogP) is -0.0392. The highest BCUT2D eigenvalue weighted by molar-refractivity contribution is 5.81. The van der Waals surface area contributed by atoms with Crippen LogP contribution in [0.1, 0.15) is 6.92 Å². The van der Waals surface area contributed by atoms with Gasteiger partial charge in [-0.05, 0) is 6.92 Å². The van der Waals surface area contributed by atoms with Crippen molar-refractivity contribution in [2.75, 3.05) is 14.2 Å². The normalized spacial score (nSPS) is 11.8. The van der Waals surface area contributed by atoms with E-state index in [4.69, 9.17) is 10.00 Å². The van der Waals surface area contributed by atoms with E-state index in [-0.39, 0.29) is 5.91 Å². The average molecular weight is 142 g/mol. The van der Waals surface area contributed by atoms with Crippen LogP contribution in [0.3, 0.4) is 0 Å². The van der Waals surface area contributed by atoms with E-state index in [9.17, 15) is 4.79 Å². The molecule has 0 fully saturated rings. The van der Waals surface area contributed by atoms with Crippen molar-refractivity contribution in [2.45, 2.75) is 13.0 Å². The van der Waals surface area contributed by atoms with Gasteiger partial charge in [-0.3, -0.25) is 4.79 Å². The summed E-state index contributed by atoms with van der Waals surface area (Å²) in [6.45, 7) is 1.59. The Hall–Kier alpha value is -1.08. The van der Waals surface area contributed by atoms with Crippen LogP contribution >= 0.6 is 0 Å². The summed E-state index contributed by atoms with van der Waals surface area (Å²) in [5, 5.41) is 8.25. The van der Waals surface area contributed by atoms with Gasteiger partial charge in [0.15, 0.2) is 6.19 Å². The molecule has 0 saturated carbocycles. The third-order valence-electron chi connectivity index (χ3n) is 1.18. The third kappa shape index (κ3) is 2.03. The maximum Gasteiger partial charge on any atom is 0.264 e. The van der Waals surface area contributed by atoms with E-state index in [1.807, 2.05) is 0 Å². The molecule has 1 atom stereocenters. The molecule has 0 heterocycles. The minimum Gasteiger partial charge on any atom is -0.372 e. The third-order valence-corrected chi connectivity index (χ3v) is 1.18. The van der Waals surface area contributed by atoms with Crippen molar-refractivity contribution in [1.82, 2.24) is 4.90 Å². The summed E-state index contributed by atoms with van der Waals surface area (Å²) in [4.78, 5) is 11.8. The molecule has 0 bridgehead atoms. The first-order chi connectivity index (χ1) is 4.63. The zero-order valence-electron chi connectivity index (χ0n) is 6.29. The van der Waals surface area contributed by atoms with Crippen LogP contribution in [0.15, 0.2) is 0 Å². The highest BCUT2D eigenvalue weighted by atomic mass is 16.5. The van der Waals surface area contributed by atoms with Crippen LogP contribution in [0.5, 0.6) is 0 Å². The lowest BCUT2D eigenvalue weighted by Gasteiger charge is -2.11. The summed E-state index contributed by atoms with van der Waals surface area (Å²) in [5.41, 5.74) is 0. The van der Waals surface area contributed by atoms with Gasteiger partial charge in [0.25, 0.3) is 5.91 Å². The number of methoxy groups -OCH3 is 1. The second-order valence-corrected chi connectivity index (χ2v) is 1.88. The van der Waals surface area contributed by atoms with E-state index in [0.29, 0.717) is 0 Å². The first-order valence-electron chi connectivity index (χ1n) is 2.83. The molecule has 0 aliphatic rings. The van der Waals surface area contributed by atoms with Crippen molar-refractivity contribution in [3.8, 4) is 6.19 Å². The maximum atomic E-state index is 10.9. The number of ether oxygens (including phenoxy) is 1. The number of carbonyl (C=O) groups excluding carboxylic acids is 1. The predicted molar refractivity (Wildman–Crippen MR) is 34.9 cm³/mol. The summed E-state index contributed by atoms with van der Waals surface area (Å²) in [6.07, 6.45) is 1.15. The monoisotopic (exact) mass is 142 g/mol. The Balaban J connectivity index is 3.98. The fraction of sp³-hybridized carbons (Fsp3) is 0.667. The fourth-order valence-electron chi connectivity index (χ4n) is 0.423. The minimum absolute atomic E-state index is 0.329. The molecule has 4 heteroatoms. The molecule has 0 aliphatic heterocycles. The molecule has 4 nitrogen and oxygen atoms in total. The molecular weight excluding hydrogens is 132 g/mol. The van der Waals surface area contributed by atoms with Crippen LogP contribution in [0.4, 0.5) is 0 Å². The number of nitrogens with zero attached hydrogens (tertiary/aromatic N) is 2. The summed E-state index contributed by atoms with van der Waals surface area (Å²) in [6, 6.07) is 0. The fourth-order valence-corrected chi connectivity index (χ4v) is 0.423. The molecule has 0 saturated heterocycles. The van der Waals surface area contributed by atoms with Gasteiger partial charge in [-0.2, -0.15) is 5.26 Å². The molecule has 0 spiro atoms. The highest BCUT2D eigenvalue weighted by Gasteiger charge is 2.15. The van der Waals surface area contributed by atoms with Crippen LogP contribution < -0.4 is 0 Å².